The van der Waals surface area contributed by atoms with Crippen LogP contribution in [0.25, 0.3) is 6.08 Å². The van der Waals surface area contributed by atoms with Crippen LogP contribution in [-0.4, -0.2) is 43.7 Å². The van der Waals surface area contributed by atoms with E-state index in [0.29, 0.717) is 28.2 Å². The van der Waals surface area contributed by atoms with Crippen molar-refractivity contribution < 1.29 is 23.9 Å². The molecule has 6 heteroatoms. The number of benzene rings is 3. The average molecular weight is 494 g/mol. The van der Waals surface area contributed by atoms with Gasteiger partial charge in [0.2, 0.25) is 0 Å². The lowest BCUT2D eigenvalue weighted by Crippen LogP contribution is -2.48. The van der Waals surface area contributed by atoms with Crippen LogP contribution >= 0.6 is 0 Å². The Balaban J connectivity index is 1.71. The van der Waals surface area contributed by atoms with Crippen molar-refractivity contribution in [2.24, 2.45) is 5.41 Å². The largest absolute Gasteiger partial charge is 0.497 e. The Morgan fingerprint density at radius 1 is 0.919 bits per heavy atom. The third kappa shape index (κ3) is 2.95. The minimum absolute atomic E-state index is 0.130. The number of nitrogens with zero attached hydrogens (tertiary/aromatic N) is 1. The minimum Gasteiger partial charge on any atom is -0.497 e. The van der Waals surface area contributed by atoms with Gasteiger partial charge in [0.25, 0.3) is 0 Å². The van der Waals surface area contributed by atoms with E-state index < -0.39 is 23.4 Å². The van der Waals surface area contributed by atoms with Crippen molar-refractivity contribution in [3.05, 3.63) is 94.6 Å². The van der Waals surface area contributed by atoms with E-state index in [2.05, 4.69) is 6.07 Å². The second-order valence-corrected chi connectivity index (χ2v) is 9.99. The van der Waals surface area contributed by atoms with Crippen LogP contribution in [-0.2, 0) is 4.79 Å². The molecule has 6 rings (SSSR count). The van der Waals surface area contributed by atoms with Gasteiger partial charge in [-0.15, -0.1) is 0 Å². The molecule has 0 bridgehead atoms. The summed E-state index contributed by atoms with van der Waals surface area (Å²) in [5.74, 6) is -0.399. The molecule has 3 aromatic rings. The van der Waals surface area contributed by atoms with Gasteiger partial charge in [-0.1, -0.05) is 48.0 Å². The Kier molecular flexibility index (Phi) is 5.13. The molecule has 186 valence electrons. The maximum Gasteiger partial charge on any atom is 0.180 e. The molecular weight excluding hydrogens is 466 g/mol. The van der Waals surface area contributed by atoms with Gasteiger partial charge in [-0.3, -0.25) is 14.4 Å². The fraction of sp³-hybridized carbons (Fsp3) is 0.258. The van der Waals surface area contributed by atoms with Crippen molar-refractivity contribution in [1.82, 2.24) is 0 Å². The van der Waals surface area contributed by atoms with Crippen molar-refractivity contribution in [3.63, 3.8) is 0 Å². The van der Waals surface area contributed by atoms with Crippen LogP contribution in [0.1, 0.15) is 50.2 Å². The Bertz CT molecular complexity index is 1480. The van der Waals surface area contributed by atoms with Crippen LogP contribution in [0.5, 0.6) is 11.5 Å². The Hall–Kier alpha value is -4.19. The smallest absolute Gasteiger partial charge is 0.180 e. The summed E-state index contributed by atoms with van der Waals surface area (Å²) in [6, 6.07) is 16.9. The van der Waals surface area contributed by atoms with E-state index in [1.165, 1.54) is 6.92 Å². The number of hydrogen-bond acceptors (Lipinski definition) is 6. The Morgan fingerprint density at radius 3 is 2.24 bits per heavy atom. The number of ether oxygens (including phenoxy) is 2. The number of fused-ring (bicyclic) bond motifs is 5. The Labute approximate surface area is 215 Å². The van der Waals surface area contributed by atoms with Gasteiger partial charge >= 0.3 is 0 Å². The van der Waals surface area contributed by atoms with Crippen LogP contribution < -0.4 is 14.4 Å². The summed E-state index contributed by atoms with van der Waals surface area (Å²) in [4.78, 5) is 44.6. The van der Waals surface area contributed by atoms with E-state index in [4.69, 9.17) is 9.47 Å². The molecule has 1 aliphatic carbocycles. The van der Waals surface area contributed by atoms with Crippen molar-refractivity contribution in [3.8, 4) is 11.5 Å². The standard InChI is InChI=1S/C31H27NO5/c1-17-9-12-24-19(15-17)10-14-26-31(29(34)21-7-5-6-8-22(21)30(31)35)27(28(18(2)33)32(24)26)23-16-20(36-3)11-13-25(23)37-4/h5-16,26-28H,1-4H3/t26-,27-,28-/m0/s1. The topological polar surface area (TPSA) is 72.9 Å². The van der Waals surface area contributed by atoms with Crippen LogP contribution in [0, 0.1) is 12.3 Å². The third-order valence-corrected chi connectivity index (χ3v) is 8.15. The minimum atomic E-state index is -1.54. The summed E-state index contributed by atoms with van der Waals surface area (Å²) in [5, 5.41) is 0. The van der Waals surface area contributed by atoms with Gasteiger partial charge in [-0.25, -0.2) is 0 Å². The first-order chi connectivity index (χ1) is 17.8. The van der Waals surface area contributed by atoms with E-state index >= 15 is 0 Å². The highest BCUT2D eigenvalue weighted by Gasteiger charge is 2.71. The van der Waals surface area contributed by atoms with Crippen LogP contribution in [0.2, 0.25) is 0 Å². The molecule has 37 heavy (non-hydrogen) atoms. The zero-order chi connectivity index (χ0) is 26.1. The van der Waals surface area contributed by atoms with Gasteiger partial charge in [0.15, 0.2) is 17.3 Å². The van der Waals surface area contributed by atoms with Gasteiger partial charge in [0.1, 0.15) is 16.9 Å². The van der Waals surface area contributed by atoms with Crippen molar-refractivity contribution in [2.75, 3.05) is 19.1 Å². The van der Waals surface area contributed by atoms with Crippen molar-refractivity contribution >= 4 is 29.1 Å². The molecule has 1 spiro atoms. The Morgan fingerprint density at radius 2 is 1.62 bits per heavy atom. The lowest BCUT2D eigenvalue weighted by Gasteiger charge is -2.37. The van der Waals surface area contributed by atoms with Crippen LogP contribution in [0.3, 0.4) is 0 Å². The van der Waals surface area contributed by atoms with E-state index in [1.54, 1.807) is 56.7 Å². The van der Waals surface area contributed by atoms with Gasteiger partial charge in [0, 0.05) is 28.3 Å². The molecule has 0 N–H and O–H groups in total. The number of anilines is 1. The summed E-state index contributed by atoms with van der Waals surface area (Å²) in [6.07, 6.45) is 3.89. The molecule has 0 aromatic heterocycles. The van der Waals surface area contributed by atoms with Gasteiger partial charge in [-0.05, 0) is 49.7 Å². The first-order valence-electron chi connectivity index (χ1n) is 12.3. The maximum absolute atomic E-state index is 14.5. The van der Waals surface area contributed by atoms with Gasteiger partial charge < -0.3 is 14.4 Å². The van der Waals surface area contributed by atoms with Crippen LogP contribution in [0.4, 0.5) is 5.69 Å². The predicted molar refractivity (Wildman–Crippen MR) is 141 cm³/mol. The highest BCUT2D eigenvalue weighted by molar-refractivity contribution is 6.32. The molecule has 6 nitrogen and oxygen atoms in total. The summed E-state index contributed by atoms with van der Waals surface area (Å²) < 4.78 is 11.3. The van der Waals surface area contributed by atoms with Gasteiger partial charge in [0.05, 0.1) is 26.3 Å². The predicted octanol–water partition coefficient (Wildman–Crippen LogP) is 5.03. The summed E-state index contributed by atoms with van der Waals surface area (Å²) in [5.41, 5.74) is 2.72. The average Bonchev–Trinajstić information content (AvgIpc) is 3.34. The molecular formula is C31H27NO5. The second kappa shape index (κ2) is 8.17. The highest BCUT2D eigenvalue weighted by Crippen LogP contribution is 2.61. The first-order valence-corrected chi connectivity index (χ1v) is 12.3. The number of aryl methyl sites for hydroxylation is 1. The monoisotopic (exact) mass is 493 g/mol. The number of carbonyl (C=O) groups is 3. The zero-order valence-electron chi connectivity index (χ0n) is 21.1. The normalized spacial score (nSPS) is 22.6. The van der Waals surface area contributed by atoms with E-state index in [0.717, 1.165) is 16.8 Å². The molecule has 3 atom stereocenters. The molecule has 0 radical (unpaired) electrons. The molecule has 1 fully saturated rings. The first kappa shape index (κ1) is 23.2. The maximum atomic E-state index is 14.5. The lowest BCUT2D eigenvalue weighted by atomic mass is 9.64. The van der Waals surface area contributed by atoms with Crippen molar-refractivity contribution in [2.45, 2.75) is 31.8 Å². The fourth-order valence-electron chi connectivity index (χ4n) is 6.67. The lowest BCUT2D eigenvalue weighted by molar-refractivity contribution is -0.118. The molecule has 0 saturated carbocycles. The van der Waals surface area contributed by atoms with Crippen molar-refractivity contribution in [1.29, 1.82) is 0 Å². The quantitative estimate of drug-likeness (QED) is 0.475. The van der Waals surface area contributed by atoms with E-state index in [9.17, 15) is 14.4 Å². The van der Waals surface area contributed by atoms with E-state index in [-0.39, 0.29) is 17.3 Å². The number of Topliss-reactive ketones (excluding diaryl/α,β-unsaturated/α-hetero) is 3. The fourth-order valence-corrected chi connectivity index (χ4v) is 6.67. The highest BCUT2D eigenvalue weighted by atomic mass is 16.5. The number of methoxy groups -OCH3 is 2. The number of rotatable bonds is 4. The molecule has 2 aliphatic heterocycles. The van der Waals surface area contributed by atoms with E-state index in [1.807, 2.05) is 36.1 Å². The molecule has 0 amide bonds. The number of hydrogen-bond donors (Lipinski definition) is 0. The molecule has 2 heterocycles. The number of ketones is 3. The van der Waals surface area contributed by atoms with Gasteiger partial charge in [-0.2, -0.15) is 0 Å². The third-order valence-electron chi connectivity index (χ3n) is 8.15. The summed E-state index contributed by atoms with van der Waals surface area (Å²) in [7, 11) is 3.11. The second-order valence-electron chi connectivity index (χ2n) is 9.99. The zero-order valence-corrected chi connectivity index (χ0v) is 21.1. The number of carbonyl (C=O) groups excluding carboxylic acids is 3. The molecule has 1 saturated heterocycles. The molecule has 3 aliphatic rings. The SMILES string of the molecule is COc1ccc(OC)c([C@H]2[C@H](C(C)=O)N3c4ccc(C)cc4C=C[C@H]3C23C(=O)c2ccccc2C3=O)c1. The molecule has 3 aromatic carbocycles. The summed E-state index contributed by atoms with van der Waals surface area (Å²) in [6.45, 7) is 3.54. The summed E-state index contributed by atoms with van der Waals surface area (Å²) >= 11 is 0. The van der Waals surface area contributed by atoms with Crippen LogP contribution in [0.15, 0.2) is 66.7 Å². The molecule has 0 unspecified atom stereocenters.